The number of rotatable bonds is 6. The minimum atomic E-state index is 0. The highest BCUT2D eigenvalue weighted by Crippen LogP contribution is 2.03. The Labute approximate surface area is 137 Å². The Morgan fingerprint density at radius 1 is 1.35 bits per heavy atom. The van der Waals surface area contributed by atoms with Gasteiger partial charge >= 0.3 is 0 Å². The second-order valence-electron chi connectivity index (χ2n) is 4.38. The van der Waals surface area contributed by atoms with Crippen molar-refractivity contribution in [1.82, 2.24) is 5.32 Å². The van der Waals surface area contributed by atoms with Crippen molar-refractivity contribution in [2.24, 2.45) is 10.7 Å². The fourth-order valence-corrected chi connectivity index (χ4v) is 1.44. The molecular formula is C14H23IN4O. The Balaban J connectivity index is 0.00000361. The number of carbonyl (C=O) groups is 1. The molecule has 1 rings (SSSR count). The van der Waals surface area contributed by atoms with Crippen molar-refractivity contribution in [3.05, 3.63) is 30.3 Å². The summed E-state index contributed by atoms with van der Waals surface area (Å²) in [5, 5.41) is 5.85. The van der Waals surface area contributed by atoms with E-state index in [0.29, 0.717) is 18.9 Å². The number of nitrogens with two attached hydrogens (primary N) is 1. The zero-order valence-corrected chi connectivity index (χ0v) is 14.3. The van der Waals surface area contributed by atoms with E-state index in [4.69, 9.17) is 5.73 Å². The van der Waals surface area contributed by atoms with Crippen LogP contribution in [0.2, 0.25) is 0 Å². The molecule has 0 radical (unpaired) electrons. The van der Waals surface area contributed by atoms with Gasteiger partial charge in [0, 0.05) is 18.2 Å². The molecule has 0 saturated heterocycles. The Kier molecular flexibility index (Phi) is 9.79. The fraction of sp³-hybridized carbons (Fsp3) is 0.429. The van der Waals surface area contributed by atoms with Crippen LogP contribution in [0.15, 0.2) is 35.3 Å². The molecule has 1 unspecified atom stereocenters. The molecule has 0 aliphatic carbocycles. The molecule has 1 amide bonds. The molecule has 0 aliphatic heterocycles. The summed E-state index contributed by atoms with van der Waals surface area (Å²) in [6.07, 6.45) is 1.27. The smallest absolute Gasteiger partial charge is 0.222 e. The van der Waals surface area contributed by atoms with E-state index in [2.05, 4.69) is 15.6 Å². The molecule has 0 aliphatic rings. The average molecular weight is 390 g/mol. The standard InChI is InChI=1S/C14H22N4O.HI/c1-3-11(2)17-13(19)9-10-16-14(15)18-12-7-5-4-6-8-12;/h4-8,11H,3,9-10H2,1-2H3,(H,17,19)(H3,15,16,18);1H. The van der Waals surface area contributed by atoms with Gasteiger partial charge in [-0.25, -0.2) is 0 Å². The van der Waals surface area contributed by atoms with Gasteiger partial charge in [0.2, 0.25) is 5.91 Å². The summed E-state index contributed by atoms with van der Waals surface area (Å²) in [6.45, 7) is 4.39. The van der Waals surface area contributed by atoms with Crippen LogP contribution in [0.3, 0.4) is 0 Å². The first kappa shape index (κ1) is 18.7. The maximum absolute atomic E-state index is 11.5. The molecule has 0 bridgehead atoms. The number of para-hydroxylation sites is 1. The molecule has 0 heterocycles. The monoisotopic (exact) mass is 390 g/mol. The van der Waals surface area contributed by atoms with E-state index in [1.807, 2.05) is 44.2 Å². The van der Waals surface area contributed by atoms with Crippen molar-refractivity contribution in [2.45, 2.75) is 32.7 Å². The van der Waals surface area contributed by atoms with Crippen molar-refractivity contribution >= 4 is 41.5 Å². The number of benzene rings is 1. The van der Waals surface area contributed by atoms with E-state index in [0.717, 1.165) is 12.1 Å². The SMILES string of the molecule is CCC(C)NC(=O)CCN=C(N)Nc1ccccc1.I. The summed E-state index contributed by atoms with van der Waals surface area (Å²) in [5.41, 5.74) is 6.61. The van der Waals surface area contributed by atoms with Gasteiger partial charge in [-0.15, -0.1) is 24.0 Å². The van der Waals surface area contributed by atoms with Crippen LogP contribution in [-0.2, 0) is 4.79 Å². The first-order valence-electron chi connectivity index (χ1n) is 6.53. The van der Waals surface area contributed by atoms with Gasteiger partial charge in [-0.3, -0.25) is 9.79 Å². The van der Waals surface area contributed by atoms with Crippen LogP contribution in [0, 0.1) is 0 Å². The second kappa shape index (κ2) is 10.5. The first-order valence-corrected chi connectivity index (χ1v) is 6.53. The maximum Gasteiger partial charge on any atom is 0.222 e. The predicted octanol–water partition coefficient (Wildman–Crippen LogP) is 2.34. The van der Waals surface area contributed by atoms with Crippen LogP contribution in [0.25, 0.3) is 0 Å². The topological polar surface area (TPSA) is 79.5 Å². The average Bonchev–Trinajstić information content (AvgIpc) is 2.39. The molecule has 4 N–H and O–H groups in total. The third-order valence-corrected chi connectivity index (χ3v) is 2.69. The normalized spacial score (nSPS) is 12.2. The van der Waals surface area contributed by atoms with Crippen LogP contribution in [0.5, 0.6) is 0 Å². The van der Waals surface area contributed by atoms with Crippen molar-refractivity contribution in [3.63, 3.8) is 0 Å². The molecule has 1 aromatic rings. The number of hydrogen-bond donors (Lipinski definition) is 3. The van der Waals surface area contributed by atoms with E-state index < -0.39 is 0 Å². The van der Waals surface area contributed by atoms with Crippen LogP contribution >= 0.6 is 24.0 Å². The summed E-state index contributed by atoms with van der Waals surface area (Å²) >= 11 is 0. The van der Waals surface area contributed by atoms with E-state index in [9.17, 15) is 4.79 Å². The van der Waals surface area contributed by atoms with Gasteiger partial charge in [-0.05, 0) is 25.5 Å². The largest absolute Gasteiger partial charge is 0.370 e. The zero-order valence-electron chi connectivity index (χ0n) is 11.9. The van der Waals surface area contributed by atoms with Crippen LogP contribution < -0.4 is 16.4 Å². The quantitative estimate of drug-likeness (QED) is 0.396. The summed E-state index contributed by atoms with van der Waals surface area (Å²) in [7, 11) is 0. The van der Waals surface area contributed by atoms with Gasteiger partial charge in [0.25, 0.3) is 0 Å². The number of anilines is 1. The van der Waals surface area contributed by atoms with Gasteiger partial charge in [-0.2, -0.15) is 0 Å². The van der Waals surface area contributed by atoms with E-state index in [-0.39, 0.29) is 35.9 Å². The van der Waals surface area contributed by atoms with Gasteiger partial charge in [0.1, 0.15) is 0 Å². The molecule has 1 atom stereocenters. The first-order chi connectivity index (χ1) is 9.11. The summed E-state index contributed by atoms with van der Waals surface area (Å²) < 4.78 is 0. The molecule has 112 valence electrons. The fourth-order valence-electron chi connectivity index (χ4n) is 1.44. The molecule has 5 nitrogen and oxygen atoms in total. The molecule has 1 aromatic carbocycles. The minimum Gasteiger partial charge on any atom is -0.370 e. The number of aliphatic imine (C=N–C) groups is 1. The molecule has 0 aromatic heterocycles. The Hall–Kier alpha value is -1.31. The van der Waals surface area contributed by atoms with Crippen molar-refractivity contribution < 1.29 is 4.79 Å². The number of nitrogens with one attached hydrogen (secondary N) is 2. The van der Waals surface area contributed by atoms with E-state index in [1.54, 1.807) is 0 Å². The molecular weight excluding hydrogens is 367 g/mol. The number of nitrogens with zero attached hydrogens (tertiary/aromatic N) is 1. The number of carbonyl (C=O) groups excluding carboxylic acids is 1. The number of halogens is 1. The lowest BCUT2D eigenvalue weighted by Crippen LogP contribution is -2.32. The maximum atomic E-state index is 11.5. The van der Waals surface area contributed by atoms with Crippen molar-refractivity contribution in [2.75, 3.05) is 11.9 Å². The third kappa shape index (κ3) is 7.98. The van der Waals surface area contributed by atoms with Crippen molar-refractivity contribution in [3.8, 4) is 0 Å². The lowest BCUT2D eigenvalue weighted by molar-refractivity contribution is -0.121. The van der Waals surface area contributed by atoms with Gasteiger partial charge < -0.3 is 16.4 Å². The predicted molar refractivity (Wildman–Crippen MR) is 94.5 cm³/mol. The third-order valence-electron chi connectivity index (χ3n) is 2.69. The highest BCUT2D eigenvalue weighted by atomic mass is 127. The van der Waals surface area contributed by atoms with Crippen molar-refractivity contribution in [1.29, 1.82) is 0 Å². The van der Waals surface area contributed by atoms with E-state index in [1.165, 1.54) is 0 Å². The molecule has 6 heteroatoms. The lowest BCUT2D eigenvalue weighted by Gasteiger charge is -2.10. The number of hydrogen-bond acceptors (Lipinski definition) is 2. The summed E-state index contributed by atoms with van der Waals surface area (Å²) in [5.74, 6) is 0.327. The Morgan fingerprint density at radius 2 is 2.00 bits per heavy atom. The molecule has 0 spiro atoms. The summed E-state index contributed by atoms with van der Waals surface area (Å²) in [6, 6.07) is 9.76. The lowest BCUT2D eigenvalue weighted by atomic mass is 10.2. The van der Waals surface area contributed by atoms with Gasteiger partial charge in [0.15, 0.2) is 5.96 Å². The number of guanidine groups is 1. The van der Waals surface area contributed by atoms with Crippen LogP contribution in [0.4, 0.5) is 5.69 Å². The van der Waals surface area contributed by atoms with Gasteiger partial charge in [0.05, 0.1) is 6.54 Å². The van der Waals surface area contributed by atoms with Gasteiger partial charge in [-0.1, -0.05) is 25.1 Å². The molecule has 0 saturated carbocycles. The minimum absolute atomic E-state index is 0. The van der Waals surface area contributed by atoms with Crippen LogP contribution in [-0.4, -0.2) is 24.5 Å². The Bertz CT molecular complexity index is 422. The van der Waals surface area contributed by atoms with Crippen LogP contribution in [0.1, 0.15) is 26.7 Å². The zero-order chi connectivity index (χ0) is 14.1. The highest BCUT2D eigenvalue weighted by molar-refractivity contribution is 14.0. The Morgan fingerprint density at radius 3 is 2.60 bits per heavy atom. The summed E-state index contributed by atoms with van der Waals surface area (Å²) in [4.78, 5) is 15.6. The molecule has 20 heavy (non-hydrogen) atoms. The second-order valence-corrected chi connectivity index (χ2v) is 4.38. The number of amides is 1. The highest BCUT2D eigenvalue weighted by Gasteiger charge is 2.04. The molecule has 0 fully saturated rings. The van der Waals surface area contributed by atoms with E-state index >= 15 is 0 Å².